The van der Waals surface area contributed by atoms with Crippen molar-refractivity contribution in [2.45, 2.75) is 26.8 Å². The SMILES string of the molecule is CCN(CC)Cc1ccccc1Cc1nc(C(=O)O)cs1. The van der Waals surface area contributed by atoms with Crippen LogP contribution in [0.4, 0.5) is 0 Å². The molecule has 0 fully saturated rings. The fraction of sp³-hybridized carbons (Fsp3) is 0.375. The van der Waals surface area contributed by atoms with E-state index in [0.29, 0.717) is 6.42 Å². The number of carboxylic acids is 1. The van der Waals surface area contributed by atoms with E-state index in [1.54, 1.807) is 5.38 Å². The normalized spacial score (nSPS) is 11.0. The van der Waals surface area contributed by atoms with Gasteiger partial charge in [-0.15, -0.1) is 11.3 Å². The molecular weight excluding hydrogens is 284 g/mol. The second kappa shape index (κ2) is 7.33. The van der Waals surface area contributed by atoms with Crippen LogP contribution in [0, 0.1) is 0 Å². The van der Waals surface area contributed by atoms with Crippen molar-refractivity contribution in [2.24, 2.45) is 0 Å². The Bertz CT molecular complexity index is 606. The first kappa shape index (κ1) is 15.7. The Labute approximate surface area is 129 Å². The maximum Gasteiger partial charge on any atom is 0.355 e. The van der Waals surface area contributed by atoms with Crippen molar-refractivity contribution >= 4 is 17.3 Å². The number of aromatic nitrogens is 1. The van der Waals surface area contributed by atoms with Gasteiger partial charge in [0.05, 0.1) is 5.01 Å². The lowest BCUT2D eigenvalue weighted by Crippen LogP contribution is -2.22. The van der Waals surface area contributed by atoms with E-state index in [0.717, 1.165) is 24.6 Å². The largest absolute Gasteiger partial charge is 0.476 e. The van der Waals surface area contributed by atoms with Crippen LogP contribution >= 0.6 is 11.3 Å². The standard InChI is InChI=1S/C16H20N2O2S/c1-3-18(4-2)10-13-8-6-5-7-12(13)9-15-17-14(11-21-15)16(19)20/h5-8,11H,3-4,9-10H2,1-2H3,(H,19,20). The van der Waals surface area contributed by atoms with Gasteiger partial charge >= 0.3 is 5.97 Å². The molecule has 1 aromatic carbocycles. The minimum atomic E-state index is -0.964. The van der Waals surface area contributed by atoms with Gasteiger partial charge in [0.1, 0.15) is 0 Å². The summed E-state index contributed by atoms with van der Waals surface area (Å²) in [5, 5.41) is 11.4. The second-order valence-corrected chi connectivity index (χ2v) is 5.78. The van der Waals surface area contributed by atoms with Gasteiger partial charge in [-0.3, -0.25) is 4.90 Å². The minimum Gasteiger partial charge on any atom is -0.476 e. The molecule has 0 saturated heterocycles. The minimum absolute atomic E-state index is 0.135. The van der Waals surface area contributed by atoms with Crippen LogP contribution in [0.5, 0.6) is 0 Å². The van der Waals surface area contributed by atoms with Crippen LogP contribution in [0.2, 0.25) is 0 Å². The van der Waals surface area contributed by atoms with Crippen LogP contribution in [0.15, 0.2) is 29.6 Å². The Morgan fingerprint density at radius 3 is 2.48 bits per heavy atom. The molecule has 0 unspecified atom stereocenters. The molecule has 4 nitrogen and oxygen atoms in total. The summed E-state index contributed by atoms with van der Waals surface area (Å²) in [5.74, 6) is -0.964. The number of rotatable bonds is 7. The number of aromatic carboxylic acids is 1. The first-order chi connectivity index (χ1) is 10.1. The number of hydrogen-bond donors (Lipinski definition) is 1. The van der Waals surface area contributed by atoms with Crippen molar-refractivity contribution in [3.63, 3.8) is 0 Å². The Kier molecular flexibility index (Phi) is 5.47. The topological polar surface area (TPSA) is 53.4 Å². The summed E-state index contributed by atoms with van der Waals surface area (Å²) in [6, 6.07) is 8.31. The zero-order valence-electron chi connectivity index (χ0n) is 12.4. The molecule has 0 spiro atoms. The van der Waals surface area contributed by atoms with Crippen LogP contribution in [0.25, 0.3) is 0 Å². The number of nitrogens with zero attached hydrogens (tertiary/aromatic N) is 2. The molecule has 0 aliphatic heterocycles. The van der Waals surface area contributed by atoms with Crippen molar-refractivity contribution in [1.29, 1.82) is 0 Å². The Hall–Kier alpha value is -1.72. The number of carboxylic acid groups (broad SMARTS) is 1. The number of thiazole rings is 1. The molecule has 1 N–H and O–H groups in total. The van der Waals surface area contributed by atoms with E-state index in [1.165, 1.54) is 22.5 Å². The smallest absolute Gasteiger partial charge is 0.355 e. The Balaban J connectivity index is 2.17. The van der Waals surface area contributed by atoms with Crippen molar-refractivity contribution in [1.82, 2.24) is 9.88 Å². The first-order valence-electron chi connectivity index (χ1n) is 7.10. The van der Waals surface area contributed by atoms with E-state index in [9.17, 15) is 4.79 Å². The van der Waals surface area contributed by atoms with Crippen LogP contribution in [0.3, 0.4) is 0 Å². The zero-order chi connectivity index (χ0) is 15.2. The third-order valence-corrected chi connectivity index (χ3v) is 4.37. The van der Waals surface area contributed by atoms with Crippen molar-refractivity contribution in [2.75, 3.05) is 13.1 Å². The lowest BCUT2D eigenvalue weighted by molar-refractivity contribution is 0.0691. The van der Waals surface area contributed by atoms with Gasteiger partial charge in [0, 0.05) is 18.3 Å². The average molecular weight is 304 g/mol. The molecule has 0 saturated carbocycles. The summed E-state index contributed by atoms with van der Waals surface area (Å²) in [5.41, 5.74) is 2.64. The van der Waals surface area contributed by atoms with Gasteiger partial charge in [-0.2, -0.15) is 0 Å². The Morgan fingerprint density at radius 1 is 1.24 bits per heavy atom. The van der Waals surface area contributed by atoms with Gasteiger partial charge in [-0.1, -0.05) is 38.1 Å². The van der Waals surface area contributed by atoms with E-state index >= 15 is 0 Å². The molecule has 21 heavy (non-hydrogen) atoms. The van der Waals surface area contributed by atoms with Gasteiger partial charge in [-0.25, -0.2) is 9.78 Å². The fourth-order valence-electron chi connectivity index (χ4n) is 2.23. The highest BCUT2D eigenvalue weighted by Gasteiger charge is 2.11. The molecule has 0 aliphatic carbocycles. The fourth-order valence-corrected chi connectivity index (χ4v) is 3.02. The molecule has 1 aromatic heterocycles. The summed E-state index contributed by atoms with van der Waals surface area (Å²) in [7, 11) is 0. The predicted octanol–water partition coefficient (Wildman–Crippen LogP) is 3.27. The molecule has 2 rings (SSSR count). The third kappa shape index (κ3) is 4.12. The zero-order valence-corrected chi connectivity index (χ0v) is 13.2. The highest BCUT2D eigenvalue weighted by molar-refractivity contribution is 7.09. The molecule has 0 amide bonds. The van der Waals surface area contributed by atoms with Crippen molar-refractivity contribution in [3.05, 3.63) is 51.5 Å². The van der Waals surface area contributed by atoms with Gasteiger partial charge in [-0.05, 0) is 24.2 Å². The summed E-state index contributed by atoms with van der Waals surface area (Å²) in [6.07, 6.45) is 0.690. The molecule has 1 heterocycles. The van der Waals surface area contributed by atoms with Crippen LogP contribution < -0.4 is 0 Å². The average Bonchev–Trinajstić information content (AvgIpc) is 2.95. The van der Waals surface area contributed by atoms with Crippen LogP contribution in [-0.2, 0) is 13.0 Å². The van der Waals surface area contributed by atoms with Crippen molar-refractivity contribution in [3.8, 4) is 0 Å². The molecule has 2 aromatic rings. The highest BCUT2D eigenvalue weighted by Crippen LogP contribution is 2.19. The molecule has 0 bridgehead atoms. The maximum absolute atomic E-state index is 10.9. The summed E-state index contributed by atoms with van der Waals surface area (Å²) in [4.78, 5) is 17.4. The Morgan fingerprint density at radius 2 is 1.90 bits per heavy atom. The van der Waals surface area contributed by atoms with E-state index in [2.05, 4.69) is 35.9 Å². The monoisotopic (exact) mass is 304 g/mol. The molecule has 0 atom stereocenters. The van der Waals surface area contributed by atoms with Crippen molar-refractivity contribution < 1.29 is 9.90 Å². The predicted molar refractivity (Wildman–Crippen MR) is 84.9 cm³/mol. The van der Waals surface area contributed by atoms with E-state index in [1.807, 2.05) is 12.1 Å². The second-order valence-electron chi connectivity index (χ2n) is 4.84. The van der Waals surface area contributed by atoms with Gasteiger partial charge in [0.2, 0.25) is 0 Å². The lowest BCUT2D eigenvalue weighted by Gasteiger charge is -2.19. The lowest BCUT2D eigenvalue weighted by atomic mass is 10.0. The van der Waals surface area contributed by atoms with Gasteiger partial charge in [0.25, 0.3) is 0 Å². The molecule has 5 heteroatoms. The molecular formula is C16H20N2O2S. The quantitative estimate of drug-likeness (QED) is 0.853. The maximum atomic E-state index is 10.9. The molecule has 0 radical (unpaired) electrons. The third-order valence-electron chi connectivity index (χ3n) is 3.52. The molecule has 112 valence electrons. The van der Waals surface area contributed by atoms with Gasteiger partial charge in [0.15, 0.2) is 5.69 Å². The van der Waals surface area contributed by atoms with Gasteiger partial charge < -0.3 is 5.11 Å². The van der Waals surface area contributed by atoms with E-state index in [4.69, 9.17) is 5.11 Å². The van der Waals surface area contributed by atoms with Crippen LogP contribution in [-0.4, -0.2) is 34.0 Å². The number of carbonyl (C=O) groups is 1. The van der Waals surface area contributed by atoms with E-state index in [-0.39, 0.29) is 5.69 Å². The first-order valence-corrected chi connectivity index (χ1v) is 7.98. The number of benzene rings is 1. The molecule has 0 aliphatic rings. The van der Waals surface area contributed by atoms with E-state index < -0.39 is 5.97 Å². The summed E-state index contributed by atoms with van der Waals surface area (Å²) < 4.78 is 0. The highest BCUT2D eigenvalue weighted by atomic mass is 32.1. The summed E-state index contributed by atoms with van der Waals surface area (Å²) in [6.45, 7) is 7.27. The summed E-state index contributed by atoms with van der Waals surface area (Å²) >= 11 is 1.41. The number of hydrogen-bond acceptors (Lipinski definition) is 4. The van der Waals surface area contributed by atoms with Crippen LogP contribution in [0.1, 0.15) is 40.5 Å².